The molecule has 1 aromatic heterocycles. The minimum atomic E-state index is 0.227. The summed E-state index contributed by atoms with van der Waals surface area (Å²) in [6, 6.07) is 4.05. The van der Waals surface area contributed by atoms with Gasteiger partial charge in [0.25, 0.3) is 0 Å². The quantitative estimate of drug-likeness (QED) is 0.816. The van der Waals surface area contributed by atoms with Gasteiger partial charge in [-0.25, -0.2) is 4.98 Å². The first kappa shape index (κ1) is 12.9. The Bertz CT molecular complexity index is 450. The van der Waals surface area contributed by atoms with E-state index in [0.717, 1.165) is 18.4 Å². The van der Waals surface area contributed by atoms with E-state index >= 15 is 0 Å². The van der Waals surface area contributed by atoms with Crippen molar-refractivity contribution >= 4 is 0 Å². The Balaban J connectivity index is 2.18. The maximum absolute atomic E-state index is 9.18. The van der Waals surface area contributed by atoms with Gasteiger partial charge in [-0.05, 0) is 50.2 Å². The van der Waals surface area contributed by atoms with Crippen LogP contribution in [-0.2, 0) is 0 Å². The van der Waals surface area contributed by atoms with Crippen LogP contribution in [0.15, 0.2) is 12.3 Å². The van der Waals surface area contributed by atoms with Crippen molar-refractivity contribution in [1.82, 2.24) is 4.98 Å². The molecule has 0 saturated heterocycles. The van der Waals surface area contributed by atoms with Gasteiger partial charge in [0.2, 0.25) is 5.88 Å². The van der Waals surface area contributed by atoms with Gasteiger partial charge in [-0.1, -0.05) is 13.3 Å². The smallest absolute Gasteiger partial charge is 0.232 e. The Kier molecular flexibility index (Phi) is 4.19. The summed E-state index contributed by atoms with van der Waals surface area (Å²) in [5, 5.41) is 9.18. The lowest BCUT2D eigenvalue weighted by molar-refractivity contribution is 0.0855. The molecule has 1 aliphatic rings. The van der Waals surface area contributed by atoms with Crippen molar-refractivity contribution in [3.05, 3.63) is 23.4 Å². The first-order chi connectivity index (χ1) is 8.76. The molecule has 2 atom stereocenters. The molecule has 2 rings (SSSR count). The lowest BCUT2D eigenvalue weighted by Crippen LogP contribution is -2.30. The summed E-state index contributed by atoms with van der Waals surface area (Å²) in [6.07, 6.45) is 7.91. The third kappa shape index (κ3) is 2.64. The molecule has 1 saturated carbocycles. The van der Waals surface area contributed by atoms with Crippen molar-refractivity contribution in [2.45, 2.75) is 52.1 Å². The number of aromatic nitrogens is 1. The molecule has 0 N–H and O–H groups in total. The average molecular weight is 244 g/mol. The molecule has 2 unspecified atom stereocenters. The molecule has 0 amide bonds. The number of nitrogens with zero attached hydrogens (tertiary/aromatic N) is 2. The number of hydrogen-bond acceptors (Lipinski definition) is 3. The van der Waals surface area contributed by atoms with Gasteiger partial charge < -0.3 is 4.74 Å². The monoisotopic (exact) mass is 244 g/mol. The molecule has 3 heteroatoms. The second-order valence-corrected chi connectivity index (χ2v) is 5.03. The van der Waals surface area contributed by atoms with Gasteiger partial charge in [-0.15, -0.1) is 0 Å². The highest BCUT2D eigenvalue weighted by Crippen LogP contribution is 2.31. The van der Waals surface area contributed by atoms with Crippen molar-refractivity contribution in [3.63, 3.8) is 0 Å². The van der Waals surface area contributed by atoms with Gasteiger partial charge in [0.05, 0.1) is 0 Å². The molecule has 1 aromatic rings. The number of ether oxygens (including phenoxy) is 1. The van der Waals surface area contributed by atoms with E-state index in [9.17, 15) is 5.26 Å². The summed E-state index contributed by atoms with van der Waals surface area (Å²) < 4.78 is 6.03. The third-order valence-corrected chi connectivity index (χ3v) is 3.86. The Morgan fingerprint density at radius 3 is 2.94 bits per heavy atom. The van der Waals surface area contributed by atoms with Crippen LogP contribution in [0.5, 0.6) is 5.88 Å². The van der Waals surface area contributed by atoms with Crippen molar-refractivity contribution in [1.29, 1.82) is 5.26 Å². The molecular formula is C15H20N2O. The number of pyridine rings is 1. The molecule has 3 nitrogen and oxygen atoms in total. The summed E-state index contributed by atoms with van der Waals surface area (Å²) in [5.41, 5.74) is 1.52. The predicted molar refractivity (Wildman–Crippen MR) is 70.4 cm³/mol. The molecule has 0 bridgehead atoms. The maximum atomic E-state index is 9.18. The van der Waals surface area contributed by atoms with E-state index in [0.29, 0.717) is 17.4 Å². The van der Waals surface area contributed by atoms with Gasteiger partial charge >= 0.3 is 0 Å². The Hall–Kier alpha value is -1.56. The van der Waals surface area contributed by atoms with Crippen LogP contribution in [0, 0.1) is 24.2 Å². The zero-order valence-electron chi connectivity index (χ0n) is 11.1. The van der Waals surface area contributed by atoms with Crippen LogP contribution in [0.3, 0.4) is 0 Å². The largest absolute Gasteiger partial charge is 0.473 e. The Morgan fingerprint density at radius 1 is 1.44 bits per heavy atom. The van der Waals surface area contributed by atoms with Crippen molar-refractivity contribution in [2.24, 2.45) is 5.92 Å². The third-order valence-electron chi connectivity index (χ3n) is 3.86. The fraction of sp³-hybridized carbons (Fsp3) is 0.600. The van der Waals surface area contributed by atoms with Crippen LogP contribution >= 0.6 is 0 Å². The molecule has 0 spiro atoms. The average Bonchev–Trinajstić information content (AvgIpc) is 2.40. The molecule has 18 heavy (non-hydrogen) atoms. The number of nitriles is 1. The van der Waals surface area contributed by atoms with Gasteiger partial charge in [0, 0.05) is 6.20 Å². The first-order valence-corrected chi connectivity index (χ1v) is 6.78. The minimum absolute atomic E-state index is 0.227. The highest BCUT2D eigenvalue weighted by Gasteiger charge is 2.26. The maximum Gasteiger partial charge on any atom is 0.232 e. The summed E-state index contributed by atoms with van der Waals surface area (Å²) in [7, 11) is 0. The highest BCUT2D eigenvalue weighted by atomic mass is 16.5. The van der Waals surface area contributed by atoms with Crippen molar-refractivity contribution in [3.8, 4) is 11.9 Å². The van der Waals surface area contributed by atoms with Crippen LogP contribution in [0.2, 0.25) is 0 Å². The van der Waals surface area contributed by atoms with Gasteiger partial charge in [-0.3, -0.25) is 0 Å². The summed E-state index contributed by atoms with van der Waals surface area (Å²) in [6.45, 7) is 4.13. The number of rotatable bonds is 3. The SMILES string of the molecule is CCC1CCCCC1Oc1nccc(C)c1C#N. The van der Waals surface area contributed by atoms with Crippen molar-refractivity contribution in [2.75, 3.05) is 0 Å². The summed E-state index contributed by atoms with van der Waals surface area (Å²) in [5.74, 6) is 1.12. The van der Waals surface area contributed by atoms with Crippen LogP contribution in [0.25, 0.3) is 0 Å². The zero-order chi connectivity index (χ0) is 13.0. The van der Waals surface area contributed by atoms with Crippen LogP contribution in [0.1, 0.15) is 50.2 Å². The summed E-state index contributed by atoms with van der Waals surface area (Å²) in [4.78, 5) is 4.23. The van der Waals surface area contributed by atoms with E-state index in [1.165, 1.54) is 19.3 Å². The Labute approximate surface area is 109 Å². The number of aryl methyl sites for hydroxylation is 1. The fourth-order valence-electron chi connectivity index (χ4n) is 2.70. The molecule has 0 aromatic carbocycles. The first-order valence-electron chi connectivity index (χ1n) is 6.78. The van der Waals surface area contributed by atoms with E-state index in [1.54, 1.807) is 6.20 Å². The standard InChI is InChI=1S/C15H20N2O/c1-3-12-6-4-5-7-14(12)18-15-13(10-16)11(2)8-9-17-15/h8-9,12,14H,3-7H2,1-2H3. The van der Waals surface area contributed by atoms with Gasteiger partial charge in [0.15, 0.2) is 0 Å². The highest BCUT2D eigenvalue weighted by molar-refractivity contribution is 5.43. The number of hydrogen-bond donors (Lipinski definition) is 0. The molecule has 1 heterocycles. The zero-order valence-corrected chi connectivity index (χ0v) is 11.1. The molecule has 0 radical (unpaired) electrons. The lowest BCUT2D eigenvalue weighted by Gasteiger charge is -2.31. The van der Waals surface area contributed by atoms with E-state index in [-0.39, 0.29) is 6.10 Å². The van der Waals surface area contributed by atoms with E-state index in [1.807, 2.05) is 13.0 Å². The molecule has 96 valence electrons. The molecule has 1 aliphatic carbocycles. The lowest BCUT2D eigenvalue weighted by atomic mass is 9.85. The van der Waals surface area contributed by atoms with E-state index < -0.39 is 0 Å². The normalized spacial score (nSPS) is 23.4. The van der Waals surface area contributed by atoms with E-state index in [2.05, 4.69) is 18.0 Å². The van der Waals surface area contributed by atoms with Gasteiger partial charge in [-0.2, -0.15) is 5.26 Å². The Morgan fingerprint density at radius 2 is 2.22 bits per heavy atom. The second kappa shape index (κ2) is 5.86. The van der Waals surface area contributed by atoms with Gasteiger partial charge in [0.1, 0.15) is 17.7 Å². The van der Waals surface area contributed by atoms with Crippen LogP contribution in [0.4, 0.5) is 0 Å². The molecule has 0 aliphatic heterocycles. The molecule has 1 fully saturated rings. The van der Waals surface area contributed by atoms with Crippen LogP contribution < -0.4 is 4.74 Å². The minimum Gasteiger partial charge on any atom is -0.473 e. The summed E-state index contributed by atoms with van der Waals surface area (Å²) >= 11 is 0. The second-order valence-electron chi connectivity index (χ2n) is 5.03. The topological polar surface area (TPSA) is 45.9 Å². The van der Waals surface area contributed by atoms with Crippen molar-refractivity contribution < 1.29 is 4.74 Å². The molecular weight excluding hydrogens is 224 g/mol. The van der Waals surface area contributed by atoms with Crippen LogP contribution in [-0.4, -0.2) is 11.1 Å². The van der Waals surface area contributed by atoms with E-state index in [4.69, 9.17) is 4.74 Å². The fourth-order valence-corrected chi connectivity index (χ4v) is 2.70. The predicted octanol–water partition coefficient (Wildman–Crippen LogP) is 3.61.